The van der Waals surface area contributed by atoms with Crippen LogP contribution in [0.2, 0.25) is 25.7 Å². The van der Waals surface area contributed by atoms with E-state index in [9.17, 15) is 24.3 Å². The number of hydrogen-bond acceptors (Lipinski definition) is 14. The van der Waals surface area contributed by atoms with Crippen LogP contribution in [-0.2, 0) is 38.2 Å². The van der Waals surface area contributed by atoms with Crippen molar-refractivity contribution >= 4 is 54.1 Å². The molecule has 0 spiro atoms. The molecule has 18 heteroatoms. The summed E-state index contributed by atoms with van der Waals surface area (Å²) < 4.78 is 21.5. The monoisotopic (exact) mass is 730 g/mol. The number of esters is 1. The quantitative estimate of drug-likeness (QED) is 0.0281. The zero-order chi connectivity index (χ0) is 37.2. The van der Waals surface area contributed by atoms with Crippen molar-refractivity contribution in [3.05, 3.63) is 11.1 Å². The molecule has 49 heavy (non-hydrogen) atoms. The van der Waals surface area contributed by atoms with Gasteiger partial charge in [-0.2, -0.15) is 0 Å². The number of β-lactam (4-membered cyclic amide) rings is 1. The third-order valence-electron chi connectivity index (χ3n) is 6.34. The first-order valence-electron chi connectivity index (χ1n) is 16.1. The Morgan fingerprint density at radius 1 is 1.06 bits per heavy atom. The molecule has 1 aromatic rings. The standard InChI is InChI=1S/C31H54N6O10SSi/c1-29(2,3)45-26(41)31(7,8)47-37-23(21-17-48-27(34-21)36-28(42)46-30(4,5)6)25(40)35-22-20(33-24(22)39)15-32-14-19(38)16-44-18-43-12-13-49(9,10)11/h17,19-20,22,32,38H,12-16,18H2,1-11H3,(H,33,39)(H,35,40)(H,34,36,42)/b37-23-/t19-,20-,22?/m0/s1. The molecule has 0 aliphatic carbocycles. The molecule has 1 aliphatic heterocycles. The zero-order valence-corrected chi connectivity index (χ0v) is 32.3. The van der Waals surface area contributed by atoms with Gasteiger partial charge in [-0.3, -0.25) is 14.9 Å². The van der Waals surface area contributed by atoms with Gasteiger partial charge in [0.25, 0.3) is 5.91 Å². The third-order valence-corrected chi connectivity index (χ3v) is 8.80. The second-order valence-corrected chi connectivity index (χ2v) is 21.8. The van der Waals surface area contributed by atoms with E-state index in [1.165, 1.54) is 19.2 Å². The van der Waals surface area contributed by atoms with E-state index in [-0.39, 0.29) is 43.0 Å². The number of aliphatic hydroxyl groups excluding tert-OH is 1. The molecule has 1 aliphatic rings. The molecule has 16 nitrogen and oxygen atoms in total. The summed E-state index contributed by atoms with van der Waals surface area (Å²) in [5.74, 6) is -1.97. The van der Waals surface area contributed by atoms with Crippen molar-refractivity contribution in [3.63, 3.8) is 0 Å². The summed E-state index contributed by atoms with van der Waals surface area (Å²) in [5, 5.41) is 26.7. The second-order valence-electron chi connectivity index (χ2n) is 15.3. The van der Waals surface area contributed by atoms with E-state index in [4.69, 9.17) is 23.8 Å². The molecule has 1 aromatic heterocycles. The lowest BCUT2D eigenvalue weighted by molar-refractivity contribution is -0.179. The number of rotatable bonds is 18. The Bertz CT molecular complexity index is 1320. The summed E-state index contributed by atoms with van der Waals surface area (Å²) in [5.41, 5.74) is -3.49. The molecular formula is C31H54N6O10SSi. The predicted octanol–water partition coefficient (Wildman–Crippen LogP) is 2.59. The minimum atomic E-state index is -1.60. The third kappa shape index (κ3) is 15.9. The highest BCUT2D eigenvalue weighted by Gasteiger charge is 2.41. The first kappa shape index (κ1) is 42.0. The Hall–Kier alpha value is -3.16. The number of hydrogen-bond donors (Lipinski definition) is 5. The summed E-state index contributed by atoms with van der Waals surface area (Å²) in [6.45, 7) is 21.0. The number of nitrogens with zero attached hydrogens (tertiary/aromatic N) is 2. The van der Waals surface area contributed by atoms with Crippen LogP contribution in [0.4, 0.5) is 9.93 Å². The lowest BCUT2D eigenvalue weighted by atomic mass is 9.98. The van der Waals surface area contributed by atoms with Gasteiger partial charge >= 0.3 is 12.1 Å². The number of thiazole rings is 1. The van der Waals surface area contributed by atoms with Crippen LogP contribution in [0.25, 0.3) is 0 Å². The topological polar surface area (TPSA) is 208 Å². The maximum atomic E-state index is 13.6. The van der Waals surface area contributed by atoms with Gasteiger partial charge in [-0.15, -0.1) is 11.3 Å². The number of oxime groups is 1. The van der Waals surface area contributed by atoms with E-state index in [2.05, 4.69) is 51.0 Å². The largest absolute Gasteiger partial charge is 0.457 e. The Labute approximate surface area is 293 Å². The summed E-state index contributed by atoms with van der Waals surface area (Å²) in [6.07, 6.45) is -1.57. The maximum Gasteiger partial charge on any atom is 0.413 e. The Balaban J connectivity index is 2.06. The van der Waals surface area contributed by atoms with Crippen LogP contribution < -0.4 is 21.3 Å². The lowest BCUT2D eigenvalue weighted by Gasteiger charge is -2.37. The number of nitrogens with one attached hydrogen (secondary N) is 4. The fourth-order valence-electron chi connectivity index (χ4n) is 3.77. The molecule has 2 heterocycles. The first-order valence-corrected chi connectivity index (χ1v) is 20.7. The van der Waals surface area contributed by atoms with E-state index >= 15 is 0 Å². The number of amides is 3. The Kier molecular flexibility index (Phi) is 15.1. The Morgan fingerprint density at radius 3 is 2.31 bits per heavy atom. The van der Waals surface area contributed by atoms with Crippen LogP contribution in [-0.4, -0.2) is 116 Å². The van der Waals surface area contributed by atoms with Crippen LogP contribution in [0.3, 0.4) is 0 Å². The van der Waals surface area contributed by atoms with Gasteiger partial charge in [0, 0.05) is 33.2 Å². The molecule has 0 radical (unpaired) electrons. The van der Waals surface area contributed by atoms with Crippen LogP contribution >= 0.6 is 11.3 Å². The molecule has 0 saturated carbocycles. The molecule has 1 fully saturated rings. The minimum Gasteiger partial charge on any atom is -0.457 e. The number of anilines is 1. The van der Waals surface area contributed by atoms with Crippen LogP contribution in [0.5, 0.6) is 0 Å². The van der Waals surface area contributed by atoms with Crippen molar-refractivity contribution in [2.75, 3.05) is 38.4 Å². The van der Waals surface area contributed by atoms with Gasteiger partial charge in [0.2, 0.25) is 11.5 Å². The minimum absolute atomic E-state index is 0.00976. The predicted molar refractivity (Wildman–Crippen MR) is 187 cm³/mol. The molecule has 5 N–H and O–H groups in total. The van der Waals surface area contributed by atoms with Crippen LogP contribution in [0.15, 0.2) is 10.5 Å². The van der Waals surface area contributed by atoms with Crippen molar-refractivity contribution in [1.29, 1.82) is 0 Å². The van der Waals surface area contributed by atoms with E-state index in [0.29, 0.717) is 6.61 Å². The van der Waals surface area contributed by atoms with E-state index in [1.807, 2.05) is 0 Å². The number of ether oxygens (including phenoxy) is 4. The molecule has 1 saturated heterocycles. The van der Waals surface area contributed by atoms with Crippen molar-refractivity contribution in [1.82, 2.24) is 20.9 Å². The molecule has 278 valence electrons. The average molecular weight is 731 g/mol. The smallest absolute Gasteiger partial charge is 0.413 e. The molecule has 2 rings (SSSR count). The summed E-state index contributed by atoms with van der Waals surface area (Å²) in [6, 6.07) is -0.434. The SMILES string of the molecule is CC(C)(C)OC(=O)Nc1nc(/C(=N/OC(C)(C)C(=O)OC(C)(C)C)C(=O)NC2C(=O)N[C@H]2CNC[C@H](O)COCOCC[Si](C)(C)C)cs1. The van der Waals surface area contributed by atoms with Crippen molar-refractivity contribution < 1.29 is 48.1 Å². The van der Waals surface area contributed by atoms with Gasteiger partial charge in [0.05, 0.1) is 18.8 Å². The van der Waals surface area contributed by atoms with Gasteiger partial charge in [-0.05, 0) is 61.4 Å². The maximum absolute atomic E-state index is 13.6. The van der Waals surface area contributed by atoms with Crippen LogP contribution in [0.1, 0.15) is 61.1 Å². The summed E-state index contributed by atoms with van der Waals surface area (Å²) >= 11 is 1.00. The zero-order valence-electron chi connectivity index (χ0n) is 30.5. The number of aliphatic hydroxyl groups is 1. The molecule has 0 bridgehead atoms. The highest BCUT2D eigenvalue weighted by molar-refractivity contribution is 7.14. The van der Waals surface area contributed by atoms with Crippen molar-refractivity contribution in [3.8, 4) is 0 Å². The van der Waals surface area contributed by atoms with Crippen LogP contribution in [0, 0.1) is 0 Å². The molecule has 1 unspecified atom stereocenters. The normalized spacial score (nSPS) is 17.8. The molecule has 0 aromatic carbocycles. The fourth-order valence-corrected chi connectivity index (χ4v) is 5.20. The molecule has 3 amide bonds. The second kappa shape index (κ2) is 17.7. The average Bonchev–Trinajstić information content (AvgIpc) is 3.38. The summed E-state index contributed by atoms with van der Waals surface area (Å²) in [4.78, 5) is 60.8. The highest BCUT2D eigenvalue weighted by atomic mass is 32.1. The Morgan fingerprint density at radius 2 is 1.71 bits per heavy atom. The number of aromatic nitrogens is 1. The number of carbonyl (C=O) groups excluding carboxylic acids is 4. The molecular weight excluding hydrogens is 677 g/mol. The van der Waals surface area contributed by atoms with E-state index in [1.54, 1.807) is 41.5 Å². The fraction of sp³-hybridized carbons (Fsp3) is 0.742. The summed E-state index contributed by atoms with van der Waals surface area (Å²) in [7, 11) is -1.19. The van der Waals surface area contributed by atoms with Crippen molar-refractivity contribution in [2.24, 2.45) is 5.16 Å². The lowest BCUT2D eigenvalue weighted by Crippen LogP contribution is -2.72. The van der Waals surface area contributed by atoms with E-state index < -0.39 is 66.9 Å². The van der Waals surface area contributed by atoms with Gasteiger partial charge in [0.15, 0.2) is 10.8 Å². The number of carbonyl (C=O) groups is 4. The van der Waals surface area contributed by atoms with Gasteiger partial charge in [-0.1, -0.05) is 24.8 Å². The molecule has 3 atom stereocenters. The highest BCUT2D eigenvalue weighted by Crippen LogP contribution is 2.21. The van der Waals surface area contributed by atoms with E-state index in [0.717, 1.165) is 17.4 Å². The first-order chi connectivity index (χ1) is 22.5. The van der Waals surface area contributed by atoms with Crippen molar-refractivity contribution in [2.45, 2.75) is 116 Å². The van der Waals surface area contributed by atoms with Gasteiger partial charge in [-0.25, -0.2) is 14.6 Å². The van der Waals surface area contributed by atoms with Gasteiger partial charge < -0.3 is 44.8 Å². The van der Waals surface area contributed by atoms with Gasteiger partial charge in [0.1, 0.15) is 29.7 Å².